The minimum absolute atomic E-state index is 0.228. The monoisotopic (exact) mass is 298 g/mol. The molecule has 2 aromatic carbocycles. The topological polar surface area (TPSA) is 24.9 Å². The van der Waals surface area contributed by atoms with Crippen molar-refractivity contribution in [3.63, 3.8) is 0 Å². The van der Waals surface area contributed by atoms with Crippen molar-refractivity contribution in [3.8, 4) is 21.0 Å². The summed E-state index contributed by atoms with van der Waals surface area (Å²) in [5.41, 5.74) is 3.13. The Hall–Kier alpha value is -2.04. The van der Waals surface area contributed by atoms with Crippen LogP contribution in [0.2, 0.25) is 0 Å². The lowest BCUT2D eigenvalue weighted by Gasteiger charge is -2.00. The van der Waals surface area contributed by atoms with Gasteiger partial charge in [-0.25, -0.2) is 9.37 Å². The van der Waals surface area contributed by atoms with Gasteiger partial charge >= 0.3 is 0 Å². The highest BCUT2D eigenvalue weighted by Crippen LogP contribution is 2.35. The molecule has 0 radical (unpaired) electrons. The second kappa shape index (κ2) is 6.16. The zero-order valence-corrected chi connectivity index (χ0v) is 12.5. The molecule has 0 saturated heterocycles. The first kappa shape index (κ1) is 13.9. The Morgan fingerprint density at radius 1 is 1.00 bits per heavy atom. The van der Waals surface area contributed by atoms with Crippen molar-refractivity contribution in [1.29, 1.82) is 0 Å². The summed E-state index contributed by atoms with van der Waals surface area (Å²) in [7, 11) is 1.91. The van der Waals surface area contributed by atoms with Crippen LogP contribution in [0, 0.1) is 5.82 Å². The predicted molar refractivity (Wildman–Crippen MR) is 85.7 cm³/mol. The van der Waals surface area contributed by atoms with Crippen LogP contribution < -0.4 is 5.32 Å². The van der Waals surface area contributed by atoms with Gasteiger partial charge in [-0.3, -0.25) is 0 Å². The zero-order chi connectivity index (χ0) is 14.7. The highest BCUT2D eigenvalue weighted by atomic mass is 32.1. The second-order valence-electron chi connectivity index (χ2n) is 4.70. The maximum absolute atomic E-state index is 13.0. The van der Waals surface area contributed by atoms with Crippen LogP contribution in [0.3, 0.4) is 0 Å². The molecule has 0 saturated carbocycles. The molecular formula is C17H15FN2S. The van der Waals surface area contributed by atoms with Gasteiger partial charge < -0.3 is 5.32 Å². The third-order valence-corrected chi connectivity index (χ3v) is 4.36. The normalized spacial score (nSPS) is 10.8. The molecule has 4 heteroatoms. The number of hydrogen-bond donors (Lipinski definition) is 1. The lowest BCUT2D eigenvalue weighted by molar-refractivity contribution is 0.628. The van der Waals surface area contributed by atoms with Crippen molar-refractivity contribution >= 4 is 11.3 Å². The molecule has 0 bridgehead atoms. The molecule has 0 aliphatic carbocycles. The summed E-state index contributed by atoms with van der Waals surface area (Å²) >= 11 is 1.64. The van der Waals surface area contributed by atoms with E-state index in [0.29, 0.717) is 6.54 Å². The minimum Gasteiger partial charge on any atom is -0.314 e. The van der Waals surface area contributed by atoms with E-state index in [1.807, 2.05) is 25.2 Å². The number of benzene rings is 2. The number of thiazole rings is 1. The van der Waals surface area contributed by atoms with Crippen molar-refractivity contribution in [3.05, 3.63) is 66.1 Å². The van der Waals surface area contributed by atoms with Crippen molar-refractivity contribution in [2.75, 3.05) is 7.05 Å². The molecule has 0 aliphatic rings. The van der Waals surface area contributed by atoms with E-state index in [-0.39, 0.29) is 5.82 Å². The molecule has 0 atom stereocenters. The van der Waals surface area contributed by atoms with Gasteiger partial charge in [0, 0.05) is 12.1 Å². The van der Waals surface area contributed by atoms with E-state index in [4.69, 9.17) is 4.98 Å². The fraction of sp³-hybridized carbons (Fsp3) is 0.118. The fourth-order valence-electron chi connectivity index (χ4n) is 2.17. The number of aromatic nitrogens is 1. The van der Waals surface area contributed by atoms with Gasteiger partial charge in [-0.05, 0) is 36.9 Å². The number of hydrogen-bond acceptors (Lipinski definition) is 3. The SMILES string of the molecule is CNCc1nc(-c2ccc(F)cc2)sc1-c1ccccc1. The van der Waals surface area contributed by atoms with Crippen molar-refractivity contribution in [2.24, 2.45) is 0 Å². The number of nitrogens with one attached hydrogen (secondary N) is 1. The van der Waals surface area contributed by atoms with Gasteiger partial charge in [0.25, 0.3) is 0 Å². The molecule has 3 rings (SSSR count). The molecule has 1 heterocycles. The Balaban J connectivity index is 2.06. The van der Waals surface area contributed by atoms with Crippen molar-refractivity contribution in [1.82, 2.24) is 10.3 Å². The summed E-state index contributed by atoms with van der Waals surface area (Å²) in [6.07, 6.45) is 0. The highest BCUT2D eigenvalue weighted by Gasteiger charge is 2.13. The number of nitrogens with zero attached hydrogens (tertiary/aromatic N) is 1. The summed E-state index contributed by atoms with van der Waals surface area (Å²) in [6, 6.07) is 16.7. The Morgan fingerprint density at radius 2 is 1.71 bits per heavy atom. The van der Waals surface area contributed by atoms with Crippen LogP contribution >= 0.6 is 11.3 Å². The van der Waals surface area contributed by atoms with E-state index in [9.17, 15) is 4.39 Å². The van der Waals surface area contributed by atoms with E-state index < -0.39 is 0 Å². The molecule has 2 nitrogen and oxygen atoms in total. The Kier molecular flexibility index (Phi) is 4.08. The molecule has 0 amide bonds. The number of rotatable bonds is 4. The van der Waals surface area contributed by atoms with Crippen LogP contribution in [0.1, 0.15) is 5.69 Å². The Labute approximate surface area is 127 Å². The third kappa shape index (κ3) is 3.01. The van der Waals surface area contributed by atoms with Gasteiger partial charge in [-0.2, -0.15) is 0 Å². The molecule has 0 fully saturated rings. The molecule has 1 aromatic heterocycles. The molecule has 106 valence electrons. The summed E-state index contributed by atoms with van der Waals surface area (Å²) in [5.74, 6) is -0.228. The first-order valence-electron chi connectivity index (χ1n) is 6.73. The molecule has 0 aliphatic heterocycles. The van der Waals surface area contributed by atoms with Crippen LogP contribution in [0.25, 0.3) is 21.0 Å². The fourth-order valence-corrected chi connectivity index (χ4v) is 3.26. The second-order valence-corrected chi connectivity index (χ2v) is 5.70. The van der Waals surface area contributed by atoms with Gasteiger partial charge in [-0.15, -0.1) is 11.3 Å². The van der Waals surface area contributed by atoms with Crippen LogP contribution in [-0.4, -0.2) is 12.0 Å². The lowest BCUT2D eigenvalue weighted by Crippen LogP contribution is -2.06. The molecular weight excluding hydrogens is 283 g/mol. The largest absolute Gasteiger partial charge is 0.314 e. The minimum atomic E-state index is -0.228. The zero-order valence-electron chi connectivity index (χ0n) is 11.6. The van der Waals surface area contributed by atoms with Crippen molar-refractivity contribution < 1.29 is 4.39 Å². The summed E-state index contributed by atoms with van der Waals surface area (Å²) < 4.78 is 13.0. The first-order valence-corrected chi connectivity index (χ1v) is 7.55. The Bertz CT molecular complexity index is 720. The maximum atomic E-state index is 13.0. The lowest BCUT2D eigenvalue weighted by atomic mass is 10.1. The van der Waals surface area contributed by atoms with E-state index in [1.54, 1.807) is 23.5 Å². The highest BCUT2D eigenvalue weighted by molar-refractivity contribution is 7.18. The van der Waals surface area contributed by atoms with Crippen LogP contribution in [-0.2, 0) is 6.54 Å². The standard InChI is InChI=1S/C17H15FN2S/c1-19-11-15-16(12-5-3-2-4-6-12)21-17(20-15)13-7-9-14(18)10-8-13/h2-10,19H,11H2,1H3. The third-order valence-electron chi connectivity index (χ3n) is 3.17. The van der Waals surface area contributed by atoms with Crippen LogP contribution in [0.5, 0.6) is 0 Å². The quantitative estimate of drug-likeness (QED) is 0.775. The molecule has 0 spiro atoms. The van der Waals surface area contributed by atoms with E-state index in [0.717, 1.165) is 26.7 Å². The van der Waals surface area contributed by atoms with E-state index in [2.05, 4.69) is 17.4 Å². The van der Waals surface area contributed by atoms with Crippen LogP contribution in [0.4, 0.5) is 4.39 Å². The maximum Gasteiger partial charge on any atom is 0.124 e. The average Bonchev–Trinajstić information content (AvgIpc) is 2.93. The number of halogens is 1. The van der Waals surface area contributed by atoms with Crippen molar-refractivity contribution in [2.45, 2.75) is 6.54 Å². The molecule has 0 unspecified atom stereocenters. The summed E-state index contributed by atoms with van der Waals surface area (Å²) in [5, 5.41) is 4.07. The molecule has 21 heavy (non-hydrogen) atoms. The molecule has 1 N–H and O–H groups in total. The Morgan fingerprint density at radius 3 is 2.38 bits per heavy atom. The van der Waals surface area contributed by atoms with Gasteiger partial charge in [0.15, 0.2) is 0 Å². The van der Waals surface area contributed by atoms with Gasteiger partial charge in [0.1, 0.15) is 10.8 Å². The first-order chi connectivity index (χ1) is 10.3. The van der Waals surface area contributed by atoms with Crippen LogP contribution in [0.15, 0.2) is 54.6 Å². The van der Waals surface area contributed by atoms with E-state index in [1.165, 1.54) is 12.1 Å². The predicted octanol–water partition coefficient (Wildman–Crippen LogP) is 4.34. The van der Waals surface area contributed by atoms with E-state index >= 15 is 0 Å². The van der Waals surface area contributed by atoms with Gasteiger partial charge in [0.05, 0.1) is 10.6 Å². The molecule has 3 aromatic rings. The smallest absolute Gasteiger partial charge is 0.124 e. The summed E-state index contributed by atoms with van der Waals surface area (Å²) in [4.78, 5) is 5.87. The average molecular weight is 298 g/mol. The van der Waals surface area contributed by atoms with Gasteiger partial charge in [-0.1, -0.05) is 30.3 Å². The summed E-state index contributed by atoms with van der Waals surface area (Å²) in [6.45, 7) is 0.710. The van der Waals surface area contributed by atoms with Gasteiger partial charge in [0.2, 0.25) is 0 Å².